The van der Waals surface area contributed by atoms with Crippen molar-refractivity contribution in [2.45, 2.75) is 19.6 Å². The van der Waals surface area contributed by atoms with E-state index in [1.807, 2.05) is 31.2 Å². The summed E-state index contributed by atoms with van der Waals surface area (Å²) in [5, 5.41) is 0. The van der Waals surface area contributed by atoms with E-state index in [1.165, 1.54) is 0 Å². The van der Waals surface area contributed by atoms with E-state index in [1.54, 1.807) is 0 Å². The number of hydrogen-bond donors (Lipinski definition) is 2. The van der Waals surface area contributed by atoms with Gasteiger partial charge in [0.1, 0.15) is 6.23 Å². The number of ether oxygens (including phenoxy) is 1. The number of nitrogen functional groups attached to an aromatic ring is 1. The van der Waals surface area contributed by atoms with Crippen LogP contribution in [0.1, 0.15) is 25.1 Å². The van der Waals surface area contributed by atoms with Crippen LogP contribution in [0, 0.1) is 0 Å². The van der Waals surface area contributed by atoms with Crippen molar-refractivity contribution in [1.82, 2.24) is 0 Å². The third kappa shape index (κ3) is 2.72. The summed E-state index contributed by atoms with van der Waals surface area (Å²) in [5.74, 6) is 0. The first-order chi connectivity index (χ1) is 6.25. The van der Waals surface area contributed by atoms with Crippen LogP contribution in [-0.4, -0.2) is 6.61 Å². The molecule has 1 unspecified atom stereocenters. The Morgan fingerprint density at radius 3 is 2.69 bits per heavy atom. The Bertz CT molecular complexity index is 263. The molecule has 0 saturated carbocycles. The van der Waals surface area contributed by atoms with Crippen molar-refractivity contribution in [2.24, 2.45) is 5.73 Å². The highest BCUT2D eigenvalue weighted by Crippen LogP contribution is 2.18. The second-order valence-electron chi connectivity index (χ2n) is 2.92. The van der Waals surface area contributed by atoms with Crippen molar-refractivity contribution in [3.63, 3.8) is 0 Å². The van der Waals surface area contributed by atoms with E-state index < -0.39 is 6.23 Å². The standard InChI is InChI=1S/C10H16N2O/c1-2-7-13-10(12)8-5-3-4-6-9(8)11/h3-6,10H,2,7,11-12H2,1H3. The highest BCUT2D eigenvalue weighted by Gasteiger charge is 2.07. The van der Waals surface area contributed by atoms with Crippen molar-refractivity contribution in [2.75, 3.05) is 12.3 Å². The van der Waals surface area contributed by atoms with Crippen molar-refractivity contribution in [3.05, 3.63) is 29.8 Å². The molecule has 1 aromatic rings. The van der Waals surface area contributed by atoms with Crippen LogP contribution in [0.3, 0.4) is 0 Å². The van der Waals surface area contributed by atoms with Crippen LogP contribution in [0.4, 0.5) is 5.69 Å². The van der Waals surface area contributed by atoms with Gasteiger partial charge in [-0.15, -0.1) is 0 Å². The Morgan fingerprint density at radius 2 is 2.08 bits per heavy atom. The topological polar surface area (TPSA) is 61.3 Å². The first kappa shape index (κ1) is 10.0. The van der Waals surface area contributed by atoms with Gasteiger partial charge in [-0.3, -0.25) is 0 Å². The molecular weight excluding hydrogens is 164 g/mol. The molecule has 4 N–H and O–H groups in total. The fourth-order valence-electron chi connectivity index (χ4n) is 1.10. The first-order valence-electron chi connectivity index (χ1n) is 4.47. The van der Waals surface area contributed by atoms with Crippen LogP contribution in [0.2, 0.25) is 0 Å². The van der Waals surface area contributed by atoms with E-state index in [9.17, 15) is 0 Å². The molecular formula is C10H16N2O. The van der Waals surface area contributed by atoms with E-state index in [2.05, 4.69) is 0 Å². The molecule has 0 amide bonds. The number of anilines is 1. The molecule has 1 aromatic carbocycles. The van der Waals surface area contributed by atoms with Crippen molar-refractivity contribution in [3.8, 4) is 0 Å². The summed E-state index contributed by atoms with van der Waals surface area (Å²) < 4.78 is 5.36. The second kappa shape index (κ2) is 4.84. The van der Waals surface area contributed by atoms with Gasteiger partial charge in [-0.1, -0.05) is 25.1 Å². The van der Waals surface area contributed by atoms with Gasteiger partial charge in [0.2, 0.25) is 0 Å². The Morgan fingerprint density at radius 1 is 1.38 bits per heavy atom. The zero-order valence-electron chi connectivity index (χ0n) is 7.86. The van der Waals surface area contributed by atoms with Gasteiger partial charge < -0.3 is 16.2 Å². The van der Waals surface area contributed by atoms with Crippen molar-refractivity contribution < 1.29 is 4.74 Å². The predicted molar refractivity (Wildman–Crippen MR) is 54.0 cm³/mol. The zero-order chi connectivity index (χ0) is 9.68. The van der Waals surface area contributed by atoms with Gasteiger partial charge in [-0.05, 0) is 12.5 Å². The molecule has 13 heavy (non-hydrogen) atoms. The van der Waals surface area contributed by atoms with Gasteiger partial charge in [0.25, 0.3) is 0 Å². The maximum atomic E-state index is 5.78. The molecule has 0 bridgehead atoms. The van der Waals surface area contributed by atoms with E-state index in [-0.39, 0.29) is 0 Å². The molecule has 0 saturated heterocycles. The second-order valence-corrected chi connectivity index (χ2v) is 2.92. The molecule has 0 aromatic heterocycles. The summed E-state index contributed by atoms with van der Waals surface area (Å²) in [6.45, 7) is 2.70. The quantitative estimate of drug-likeness (QED) is 0.547. The molecule has 1 atom stereocenters. The SMILES string of the molecule is CCCOC(N)c1ccccc1N. The van der Waals surface area contributed by atoms with E-state index in [0.29, 0.717) is 12.3 Å². The molecule has 0 aliphatic rings. The first-order valence-corrected chi connectivity index (χ1v) is 4.47. The highest BCUT2D eigenvalue weighted by atomic mass is 16.5. The lowest BCUT2D eigenvalue weighted by Crippen LogP contribution is -2.16. The number of para-hydroxylation sites is 1. The lowest BCUT2D eigenvalue weighted by molar-refractivity contribution is 0.0582. The van der Waals surface area contributed by atoms with Crippen molar-refractivity contribution in [1.29, 1.82) is 0 Å². The lowest BCUT2D eigenvalue weighted by atomic mass is 10.1. The number of nitrogens with two attached hydrogens (primary N) is 2. The van der Waals surface area contributed by atoms with E-state index >= 15 is 0 Å². The monoisotopic (exact) mass is 180 g/mol. The van der Waals surface area contributed by atoms with Gasteiger partial charge in [0.05, 0.1) is 0 Å². The van der Waals surface area contributed by atoms with Gasteiger partial charge in [-0.2, -0.15) is 0 Å². The third-order valence-electron chi connectivity index (χ3n) is 1.80. The lowest BCUT2D eigenvalue weighted by Gasteiger charge is -2.14. The number of hydrogen-bond acceptors (Lipinski definition) is 3. The molecule has 0 aliphatic heterocycles. The summed E-state index contributed by atoms with van der Waals surface area (Å²) in [5.41, 5.74) is 13.1. The van der Waals surface area contributed by atoms with E-state index in [4.69, 9.17) is 16.2 Å². The Balaban J connectivity index is 2.65. The fourth-order valence-corrected chi connectivity index (χ4v) is 1.10. The summed E-state index contributed by atoms with van der Waals surface area (Å²) in [7, 11) is 0. The van der Waals surface area contributed by atoms with Crippen LogP contribution in [-0.2, 0) is 4.74 Å². The van der Waals surface area contributed by atoms with Gasteiger partial charge in [0, 0.05) is 17.9 Å². The molecule has 0 spiro atoms. The third-order valence-corrected chi connectivity index (χ3v) is 1.80. The molecule has 72 valence electrons. The Labute approximate surface area is 78.7 Å². The maximum Gasteiger partial charge on any atom is 0.133 e. The Kier molecular flexibility index (Phi) is 3.73. The molecule has 0 aliphatic carbocycles. The average molecular weight is 180 g/mol. The van der Waals surface area contributed by atoms with Crippen LogP contribution in [0.5, 0.6) is 0 Å². The predicted octanol–water partition coefficient (Wildman–Crippen LogP) is 1.65. The molecule has 0 radical (unpaired) electrons. The molecule has 1 rings (SSSR count). The van der Waals surface area contributed by atoms with Crippen LogP contribution >= 0.6 is 0 Å². The smallest absolute Gasteiger partial charge is 0.133 e. The van der Waals surface area contributed by atoms with Gasteiger partial charge >= 0.3 is 0 Å². The average Bonchev–Trinajstić information content (AvgIpc) is 2.15. The normalized spacial score (nSPS) is 12.8. The minimum Gasteiger partial charge on any atom is -0.398 e. The number of benzene rings is 1. The molecule has 3 nitrogen and oxygen atoms in total. The summed E-state index contributed by atoms with van der Waals surface area (Å²) in [6.07, 6.45) is 0.557. The number of rotatable bonds is 4. The maximum absolute atomic E-state index is 5.78. The Hall–Kier alpha value is -1.06. The van der Waals surface area contributed by atoms with Crippen molar-refractivity contribution >= 4 is 5.69 Å². The zero-order valence-corrected chi connectivity index (χ0v) is 7.86. The minimum absolute atomic E-state index is 0.402. The van der Waals surface area contributed by atoms with E-state index in [0.717, 1.165) is 12.0 Å². The molecule has 0 fully saturated rings. The van der Waals surface area contributed by atoms with Gasteiger partial charge in [-0.25, -0.2) is 0 Å². The van der Waals surface area contributed by atoms with Gasteiger partial charge in [0.15, 0.2) is 0 Å². The summed E-state index contributed by atoms with van der Waals surface area (Å²) in [6, 6.07) is 7.49. The fraction of sp³-hybridized carbons (Fsp3) is 0.400. The minimum atomic E-state index is -0.402. The van der Waals surface area contributed by atoms with Crippen LogP contribution < -0.4 is 11.5 Å². The summed E-state index contributed by atoms with van der Waals surface area (Å²) >= 11 is 0. The van der Waals surface area contributed by atoms with Crippen LogP contribution in [0.15, 0.2) is 24.3 Å². The van der Waals surface area contributed by atoms with Crippen LogP contribution in [0.25, 0.3) is 0 Å². The molecule has 0 heterocycles. The largest absolute Gasteiger partial charge is 0.398 e. The molecule has 3 heteroatoms. The highest BCUT2D eigenvalue weighted by molar-refractivity contribution is 5.47. The summed E-state index contributed by atoms with van der Waals surface area (Å²) in [4.78, 5) is 0.